The first-order valence-corrected chi connectivity index (χ1v) is 6.11. The minimum atomic E-state index is -1.05. The second-order valence-corrected chi connectivity index (χ2v) is 4.64. The number of halogens is 1. The summed E-state index contributed by atoms with van der Waals surface area (Å²) in [5, 5.41) is 14.2. The van der Waals surface area contributed by atoms with Crippen LogP contribution in [0.3, 0.4) is 0 Å². The van der Waals surface area contributed by atoms with Crippen molar-refractivity contribution in [3.63, 3.8) is 0 Å². The van der Waals surface area contributed by atoms with Gasteiger partial charge in [0.25, 0.3) is 0 Å². The molecule has 2 aromatic rings. The van der Waals surface area contributed by atoms with E-state index >= 15 is 0 Å². The third-order valence-corrected chi connectivity index (χ3v) is 3.29. The van der Waals surface area contributed by atoms with E-state index in [4.69, 9.17) is 0 Å². The number of nitrogens with zero attached hydrogens (tertiary/aromatic N) is 1. The number of benzene rings is 1. The third-order valence-electron chi connectivity index (χ3n) is 2.27. The minimum absolute atomic E-state index is 0.412. The molecule has 2 N–H and O–H groups in total. The fourth-order valence-corrected chi connectivity index (χ4v) is 2.32. The molecular formula is C12H11FN2O2S. The summed E-state index contributed by atoms with van der Waals surface area (Å²) in [6.07, 6.45) is 0. The number of hydrogen-bond donors (Lipinski definition) is 2. The maximum absolute atomic E-state index is 13.0. The second-order valence-electron chi connectivity index (χ2n) is 3.75. The molecule has 94 valence electrons. The van der Waals surface area contributed by atoms with Crippen LogP contribution in [0.25, 0.3) is 0 Å². The van der Waals surface area contributed by atoms with Crippen LogP contribution in [0, 0.1) is 12.7 Å². The Morgan fingerprint density at radius 2 is 2.33 bits per heavy atom. The maximum Gasteiger partial charge on any atom is 0.333 e. The van der Waals surface area contributed by atoms with Crippen LogP contribution in [0.4, 0.5) is 10.1 Å². The molecule has 0 spiro atoms. The number of thiazole rings is 1. The molecule has 1 heterocycles. The van der Waals surface area contributed by atoms with Gasteiger partial charge >= 0.3 is 5.97 Å². The number of hydrogen-bond acceptors (Lipinski definition) is 4. The third kappa shape index (κ3) is 2.84. The number of carboxylic acids is 1. The monoisotopic (exact) mass is 266 g/mol. The number of aromatic nitrogens is 1. The van der Waals surface area contributed by atoms with Gasteiger partial charge in [-0.05, 0) is 25.1 Å². The van der Waals surface area contributed by atoms with Gasteiger partial charge in [-0.25, -0.2) is 14.2 Å². The Bertz CT molecular complexity index is 571. The van der Waals surface area contributed by atoms with Gasteiger partial charge < -0.3 is 10.4 Å². The lowest BCUT2D eigenvalue weighted by molar-refractivity contribution is -0.138. The predicted octanol–water partition coefficient (Wildman–Crippen LogP) is 2.83. The number of rotatable bonds is 4. The molecule has 0 fully saturated rings. The van der Waals surface area contributed by atoms with Crippen LogP contribution in [-0.4, -0.2) is 16.1 Å². The Hall–Kier alpha value is -1.95. The van der Waals surface area contributed by atoms with Crippen molar-refractivity contribution in [2.24, 2.45) is 0 Å². The highest BCUT2D eigenvalue weighted by Crippen LogP contribution is 2.23. The van der Waals surface area contributed by atoms with Crippen molar-refractivity contribution in [3.05, 3.63) is 46.2 Å². The van der Waals surface area contributed by atoms with Gasteiger partial charge in [-0.2, -0.15) is 0 Å². The Balaban J connectivity index is 2.24. The van der Waals surface area contributed by atoms with E-state index in [1.165, 1.54) is 29.5 Å². The molecule has 1 aromatic heterocycles. The average Bonchev–Trinajstić information content (AvgIpc) is 2.72. The second kappa shape index (κ2) is 5.14. The summed E-state index contributed by atoms with van der Waals surface area (Å²) in [5.74, 6) is -1.46. The zero-order valence-corrected chi connectivity index (χ0v) is 10.4. The molecule has 0 saturated heterocycles. The van der Waals surface area contributed by atoms with E-state index < -0.39 is 17.8 Å². The zero-order valence-electron chi connectivity index (χ0n) is 9.55. The van der Waals surface area contributed by atoms with Gasteiger partial charge in [0.1, 0.15) is 10.8 Å². The van der Waals surface area contributed by atoms with Crippen LogP contribution in [0.2, 0.25) is 0 Å². The van der Waals surface area contributed by atoms with Crippen LogP contribution < -0.4 is 5.32 Å². The molecule has 6 heteroatoms. The lowest BCUT2D eigenvalue weighted by atomic mass is 10.2. The van der Waals surface area contributed by atoms with E-state index in [0.717, 1.165) is 5.69 Å². The minimum Gasteiger partial charge on any atom is -0.479 e. The molecule has 1 atom stereocenters. The standard InChI is InChI=1S/C12H11FN2O2S/c1-7-6-18-11(14-7)10(12(16)17)15-9-4-2-3-8(13)5-9/h2-6,10,15H,1H3,(H,16,17). The van der Waals surface area contributed by atoms with Crippen molar-refractivity contribution in [3.8, 4) is 0 Å². The van der Waals surface area contributed by atoms with E-state index in [1.54, 1.807) is 18.4 Å². The molecule has 1 aromatic carbocycles. The molecule has 4 nitrogen and oxygen atoms in total. The summed E-state index contributed by atoms with van der Waals surface area (Å²) in [6.45, 7) is 1.79. The molecular weight excluding hydrogens is 255 g/mol. The molecule has 2 rings (SSSR count). The van der Waals surface area contributed by atoms with Gasteiger partial charge in [0.05, 0.1) is 0 Å². The summed E-state index contributed by atoms with van der Waals surface area (Å²) in [7, 11) is 0. The highest BCUT2D eigenvalue weighted by molar-refractivity contribution is 7.09. The highest BCUT2D eigenvalue weighted by Gasteiger charge is 2.22. The van der Waals surface area contributed by atoms with E-state index in [1.807, 2.05) is 0 Å². The van der Waals surface area contributed by atoms with Crippen LogP contribution in [0.5, 0.6) is 0 Å². The van der Waals surface area contributed by atoms with Gasteiger partial charge in [0.2, 0.25) is 0 Å². The van der Waals surface area contributed by atoms with E-state index in [0.29, 0.717) is 10.7 Å². The molecule has 1 unspecified atom stereocenters. The van der Waals surface area contributed by atoms with E-state index in [9.17, 15) is 14.3 Å². The van der Waals surface area contributed by atoms with Gasteiger partial charge in [0, 0.05) is 16.8 Å². The largest absolute Gasteiger partial charge is 0.479 e. The van der Waals surface area contributed by atoms with Crippen molar-refractivity contribution < 1.29 is 14.3 Å². The predicted molar refractivity (Wildman–Crippen MR) is 67.3 cm³/mol. The van der Waals surface area contributed by atoms with Crippen molar-refractivity contribution in [1.82, 2.24) is 4.98 Å². The first-order valence-electron chi connectivity index (χ1n) is 5.23. The van der Waals surface area contributed by atoms with Crippen LogP contribution in [0.1, 0.15) is 16.7 Å². The number of carboxylic acid groups (broad SMARTS) is 1. The van der Waals surface area contributed by atoms with Crippen molar-refractivity contribution in [2.75, 3.05) is 5.32 Å². The van der Waals surface area contributed by atoms with Crippen molar-refractivity contribution in [1.29, 1.82) is 0 Å². The van der Waals surface area contributed by atoms with Gasteiger partial charge in [-0.3, -0.25) is 0 Å². The van der Waals surface area contributed by atoms with Gasteiger partial charge in [0.15, 0.2) is 6.04 Å². The normalized spacial score (nSPS) is 12.1. The van der Waals surface area contributed by atoms with E-state index in [-0.39, 0.29) is 0 Å². The Morgan fingerprint density at radius 3 is 2.89 bits per heavy atom. The van der Waals surface area contributed by atoms with Crippen LogP contribution in [0.15, 0.2) is 29.6 Å². The average molecular weight is 266 g/mol. The number of nitrogens with one attached hydrogen (secondary N) is 1. The highest BCUT2D eigenvalue weighted by atomic mass is 32.1. The SMILES string of the molecule is Cc1csc(C(Nc2cccc(F)c2)C(=O)O)n1. The Labute approximate surface area is 107 Å². The summed E-state index contributed by atoms with van der Waals surface area (Å²) >= 11 is 1.26. The van der Waals surface area contributed by atoms with Gasteiger partial charge in [-0.1, -0.05) is 6.07 Å². The fourth-order valence-electron chi connectivity index (χ4n) is 1.48. The summed E-state index contributed by atoms with van der Waals surface area (Å²) in [5.41, 5.74) is 1.18. The first kappa shape index (κ1) is 12.5. The molecule has 18 heavy (non-hydrogen) atoms. The molecule has 0 bridgehead atoms. The number of anilines is 1. The summed E-state index contributed by atoms with van der Waals surface area (Å²) in [4.78, 5) is 15.3. The van der Waals surface area contributed by atoms with Crippen LogP contribution in [-0.2, 0) is 4.79 Å². The van der Waals surface area contributed by atoms with Crippen molar-refractivity contribution >= 4 is 23.0 Å². The molecule has 0 aliphatic rings. The lowest BCUT2D eigenvalue weighted by Crippen LogP contribution is -2.20. The van der Waals surface area contributed by atoms with Crippen LogP contribution >= 0.6 is 11.3 Å². The molecule has 0 aliphatic carbocycles. The molecule has 0 radical (unpaired) electrons. The quantitative estimate of drug-likeness (QED) is 0.893. The fraction of sp³-hybridized carbons (Fsp3) is 0.167. The number of carbonyl (C=O) groups is 1. The number of aliphatic carboxylic acids is 1. The first-order chi connectivity index (χ1) is 8.56. The summed E-state index contributed by atoms with van der Waals surface area (Å²) in [6, 6.07) is 4.71. The molecule has 0 aliphatic heterocycles. The number of aryl methyl sites for hydroxylation is 1. The van der Waals surface area contributed by atoms with Crippen molar-refractivity contribution in [2.45, 2.75) is 13.0 Å². The Kier molecular flexibility index (Phi) is 3.57. The summed E-state index contributed by atoms with van der Waals surface area (Å²) < 4.78 is 13.0. The maximum atomic E-state index is 13.0. The smallest absolute Gasteiger partial charge is 0.333 e. The van der Waals surface area contributed by atoms with Gasteiger partial charge in [-0.15, -0.1) is 11.3 Å². The topological polar surface area (TPSA) is 62.2 Å². The Morgan fingerprint density at radius 1 is 1.56 bits per heavy atom. The zero-order chi connectivity index (χ0) is 13.1. The molecule has 0 amide bonds. The van der Waals surface area contributed by atoms with E-state index in [2.05, 4.69) is 10.3 Å². The lowest BCUT2D eigenvalue weighted by Gasteiger charge is -2.13. The molecule has 0 saturated carbocycles.